The predicted octanol–water partition coefficient (Wildman–Crippen LogP) is 4.96. The fourth-order valence-corrected chi connectivity index (χ4v) is 3.26. The molecule has 1 heterocycles. The summed E-state index contributed by atoms with van der Waals surface area (Å²) in [6.07, 6.45) is 1.85. The summed E-state index contributed by atoms with van der Waals surface area (Å²) in [7, 11) is 0. The topological polar surface area (TPSA) is 57.2 Å². The molecule has 0 aliphatic heterocycles. The minimum atomic E-state index is -0.118. The lowest BCUT2D eigenvalue weighted by atomic mass is 9.95. The van der Waals surface area contributed by atoms with E-state index in [1.165, 1.54) is 16.0 Å². The van der Waals surface area contributed by atoms with Crippen LogP contribution in [-0.2, 0) is 11.2 Å². The molecule has 0 radical (unpaired) electrons. The van der Waals surface area contributed by atoms with E-state index in [1.54, 1.807) is 6.26 Å². The molecule has 132 valence electrons. The van der Waals surface area contributed by atoms with E-state index >= 15 is 0 Å². The lowest BCUT2D eigenvalue weighted by Gasteiger charge is -2.19. The number of para-hydroxylation sites is 1. The van der Waals surface area contributed by atoms with Gasteiger partial charge >= 0.3 is 0 Å². The van der Waals surface area contributed by atoms with Crippen molar-refractivity contribution in [3.8, 4) is 6.07 Å². The third-order valence-corrected chi connectivity index (χ3v) is 4.60. The van der Waals surface area contributed by atoms with Crippen molar-refractivity contribution in [2.24, 2.45) is 0 Å². The van der Waals surface area contributed by atoms with Crippen LogP contribution in [0, 0.1) is 18.3 Å². The van der Waals surface area contributed by atoms with Crippen LogP contribution >= 0.6 is 0 Å². The summed E-state index contributed by atoms with van der Waals surface area (Å²) in [6.45, 7) is 6.41. The Morgan fingerprint density at radius 1 is 1.23 bits per heavy atom. The smallest absolute Gasteiger partial charge is 0.232 e. The highest BCUT2D eigenvalue weighted by atomic mass is 16.3. The van der Waals surface area contributed by atoms with Crippen molar-refractivity contribution in [3.63, 3.8) is 0 Å². The van der Waals surface area contributed by atoms with Crippen molar-refractivity contribution < 1.29 is 9.21 Å². The van der Waals surface area contributed by atoms with Crippen molar-refractivity contribution in [1.82, 2.24) is 0 Å². The molecule has 0 saturated heterocycles. The van der Waals surface area contributed by atoms with Gasteiger partial charge < -0.3 is 4.42 Å². The third-order valence-electron chi connectivity index (χ3n) is 4.60. The van der Waals surface area contributed by atoms with E-state index in [0.717, 1.165) is 22.2 Å². The van der Waals surface area contributed by atoms with E-state index in [9.17, 15) is 4.79 Å². The summed E-state index contributed by atoms with van der Waals surface area (Å²) in [4.78, 5) is 14.4. The monoisotopic (exact) mass is 346 g/mol. The van der Waals surface area contributed by atoms with E-state index < -0.39 is 0 Å². The van der Waals surface area contributed by atoms with Gasteiger partial charge in [0, 0.05) is 16.6 Å². The van der Waals surface area contributed by atoms with E-state index in [4.69, 9.17) is 9.68 Å². The summed E-state index contributed by atoms with van der Waals surface area (Å²) in [6, 6.07) is 15.5. The molecule has 2 aromatic carbocycles. The number of benzene rings is 2. The van der Waals surface area contributed by atoms with Crippen LogP contribution in [0.4, 0.5) is 5.69 Å². The Kier molecular flexibility index (Phi) is 5.09. The number of amides is 1. The molecule has 3 rings (SSSR count). The summed E-state index contributed by atoms with van der Waals surface area (Å²) in [5, 5.41) is 10.1. The van der Waals surface area contributed by atoms with Gasteiger partial charge in [-0.15, -0.1) is 0 Å². The van der Waals surface area contributed by atoms with Gasteiger partial charge in [0.1, 0.15) is 12.1 Å². The highest BCUT2D eigenvalue weighted by molar-refractivity contribution is 5.97. The zero-order valence-corrected chi connectivity index (χ0v) is 15.3. The number of anilines is 1. The number of aryl methyl sites for hydroxylation is 1. The Hall–Kier alpha value is -3.06. The van der Waals surface area contributed by atoms with Crippen LogP contribution in [0.1, 0.15) is 36.5 Å². The lowest BCUT2D eigenvalue weighted by molar-refractivity contribution is -0.117. The molecular weight excluding hydrogens is 324 g/mol. The van der Waals surface area contributed by atoms with Gasteiger partial charge in [0.25, 0.3) is 0 Å². The van der Waals surface area contributed by atoms with Gasteiger partial charge in [0.05, 0.1) is 18.8 Å². The number of rotatable bonds is 5. The number of carbonyl (C=O) groups excluding carboxylic acids is 1. The fraction of sp³-hybridized carbons (Fsp3) is 0.273. The molecule has 26 heavy (non-hydrogen) atoms. The van der Waals surface area contributed by atoms with Gasteiger partial charge in [-0.1, -0.05) is 32.0 Å². The lowest BCUT2D eigenvalue weighted by Crippen LogP contribution is -2.32. The summed E-state index contributed by atoms with van der Waals surface area (Å²) < 4.78 is 5.68. The summed E-state index contributed by atoms with van der Waals surface area (Å²) in [5.74, 6) is 0.282. The quantitative estimate of drug-likeness (QED) is 0.613. The Balaban J connectivity index is 1.93. The van der Waals surface area contributed by atoms with E-state index in [-0.39, 0.29) is 18.9 Å². The molecule has 0 saturated carbocycles. The number of fused-ring (bicyclic) bond motifs is 1. The maximum atomic E-state index is 12.9. The number of hydrogen-bond donors (Lipinski definition) is 0. The number of carbonyl (C=O) groups is 1. The minimum absolute atomic E-state index is 0.0228. The van der Waals surface area contributed by atoms with Gasteiger partial charge in [0.2, 0.25) is 5.91 Å². The summed E-state index contributed by atoms with van der Waals surface area (Å²) in [5.41, 5.74) is 4.82. The second-order valence-corrected chi connectivity index (χ2v) is 6.77. The molecule has 3 aromatic rings. The van der Waals surface area contributed by atoms with Crippen LogP contribution in [0.25, 0.3) is 11.0 Å². The van der Waals surface area contributed by atoms with Crippen molar-refractivity contribution >= 4 is 22.6 Å². The Morgan fingerprint density at radius 2 is 1.96 bits per heavy atom. The van der Waals surface area contributed by atoms with Crippen molar-refractivity contribution in [1.29, 1.82) is 5.26 Å². The summed E-state index contributed by atoms with van der Waals surface area (Å²) >= 11 is 0. The van der Waals surface area contributed by atoms with Crippen molar-refractivity contribution in [2.75, 3.05) is 11.4 Å². The van der Waals surface area contributed by atoms with Crippen molar-refractivity contribution in [2.45, 2.75) is 33.1 Å². The Morgan fingerprint density at radius 3 is 2.62 bits per heavy atom. The first-order chi connectivity index (χ1) is 12.5. The average molecular weight is 346 g/mol. The molecule has 1 amide bonds. The van der Waals surface area contributed by atoms with Gasteiger partial charge in [-0.25, -0.2) is 0 Å². The van der Waals surface area contributed by atoms with E-state index in [0.29, 0.717) is 5.92 Å². The molecule has 0 unspecified atom stereocenters. The third kappa shape index (κ3) is 3.48. The molecular formula is C22H22N2O2. The molecule has 0 N–H and O–H groups in total. The van der Waals surface area contributed by atoms with Crippen molar-refractivity contribution in [3.05, 3.63) is 65.4 Å². The Bertz CT molecular complexity index is 965. The zero-order valence-electron chi connectivity index (χ0n) is 15.3. The molecule has 0 bridgehead atoms. The van der Waals surface area contributed by atoms with E-state index in [1.807, 2.05) is 36.4 Å². The largest absolute Gasteiger partial charge is 0.464 e. The van der Waals surface area contributed by atoms with Gasteiger partial charge in [-0.2, -0.15) is 5.26 Å². The second kappa shape index (κ2) is 7.45. The molecule has 0 fully saturated rings. The Labute approximate surface area is 153 Å². The van der Waals surface area contributed by atoms with Gasteiger partial charge in [-0.05, 0) is 48.2 Å². The molecule has 4 nitrogen and oxygen atoms in total. The fourth-order valence-electron chi connectivity index (χ4n) is 3.26. The number of nitrogens with zero attached hydrogens (tertiary/aromatic N) is 2. The van der Waals surface area contributed by atoms with Crippen LogP contribution in [0.5, 0.6) is 0 Å². The molecule has 1 aromatic heterocycles. The highest BCUT2D eigenvalue weighted by Gasteiger charge is 2.19. The number of hydrogen-bond acceptors (Lipinski definition) is 3. The van der Waals surface area contributed by atoms with Crippen LogP contribution < -0.4 is 4.90 Å². The molecule has 0 aliphatic carbocycles. The molecule has 4 heteroatoms. The maximum Gasteiger partial charge on any atom is 0.232 e. The SMILES string of the molecule is Cc1cc2occ(CC(=O)N(CC#N)c3ccccc3)c2cc1C(C)C. The minimum Gasteiger partial charge on any atom is -0.464 e. The molecule has 0 aliphatic rings. The molecule has 0 spiro atoms. The van der Waals surface area contributed by atoms with Crippen LogP contribution in [0.15, 0.2) is 53.1 Å². The predicted molar refractivity (Wildman–Crippen MR) is 103 cm³/mol. The van der Waals surface area contributed by atoms with Crippen LogP contribution in [0.2, 0.25) is 0 Å². The maximum absolute atomic E-state index is 12.9. The highest BCUT2D eigenvalue weighted by Crippen LogP contribution is 2.29. The van der Waals surface area contributed by atoms with Gasteiger partial charge in [0.15, 0.2) is 0 Å². The first-order valence-corrected chi connectivity index (χ1v) is 8.74. The molecule has 0 atom stereocenters. The van der Waals surface area contributed by atoms with Crippen LogP contribution in [0.3, 0.4) is 0 Å². The average Bonchev–Trinajstić information content (AvgIpc) is 3.01. The number of furan rings is 1. The number of nitriles is 1. The van der Waals surface area contributed by atoms with Crippen LogP contribution in [-0.4, -0.2) is 12.5 Å². The van der Waals surface area contributed by atoms with Gasteiger partial charge in [-0.3, -0.25) is 9.69 Å². The normalized spacial score (nSPS) is 10.9. The van der Waals surface area contributed by atoms with E-state index in [2.05, 4.69) is 32.9 Å². The first kappa shape index (κ1) is 17.8. The first-order valence-electron chi connectivity index (χ1n) is 8.74. The zero-order chi connectivity index (χ0) is 18.7. The second-order valence-electron chi connectivity index (χ2n) is 6.77. The standard InChI is InChI=1S/C22H22N2O2/c1-15(2)19-13-20-17(14-26-21(20)11-16(19)3)12-22(25)24(10-9-23)18-7-5-4-6-8-18/h4-8,11,13-15H,10,12H2,1-3H3.